The van der Waals surface area contributed by atoms with Gasteiger partial charge in [0.15, 0.2) is 5.69 Å². The van der Waals surface area contributed by atoms with Crippen molar-refractivity contribution in [2.24, 2.45) is 0 Å². The third kappa shape index (κ3) is 3.93. The minimum absolute atomic E-state index is 0.0541. The van der Waals surface area contributed by atoms with E-state index in [-0.39, 0.29) is 11.6 Å². The van der Waals surface area contributed by atoms with Gasteiger partial charge in [-0.25, -0.2) is 4.68 Å². The van der Waals surface area contributed by atoms with Crippen molar-refractivity contribution in [3.05, 3.63) is 75.6 Å². The summed E-state index contributed by atoms with van der Waals surface area (Å²) in [6.45, 7) is 4.05. The van der Waals surface area contributed by atoms with Crippen LogP contribution in [0.4, 0.5) is 11.4 Å². The first kappa shape index (κ1) is 20.0. The fraction of sp³-hybridized carbons (Fsp3) is 0.238. The predicted octanol–water partition coefficient (Wildman–Crippen LogP) is 2.32. The second-order valence-corrected chi connectivity index (χ2v) is 7.15. The van der Waals surface area contributed by atoms with Gasteiger partial charge in [0, 0.05) is 44.0 Å². The molecular formula is C21H19N7O3. The molecule has 0 radical (unpaired) electrons. The van der Waals surface area contributed by atoms with Crippen molar-refractivity contribution in [2.45, 2.75) is 6.92 Å². The summed E-state index contributed by atoms with van der Waals surface area (Å²) < 4.78 is 1.58. The minimum Gasteiger partial charge on any atom is -0.368 e. The molecule has 1 aliphatic rings. The molecule has 0 atom stereocenters. The van der Waals surface area contributed by atoms with E-state index in [4.69, 9.17) is 5.26 Å². The highest BCUT2D eigenvalue weighted by molar-refractivity contribution is 5.93. The van der Waals surface area contributed by atoms with E-state index in [1.807, 2.05) is 0 Å². The monoisotopic (exact) mass is 417 g/mol. The average molecular weight is 417 g/mol. The second kappa shape index (κ2) is 8.23. The van der Waals surface area contributed by atoms with Gasteiger partial charge in [-0.3, -0.25) is 14.9 Å². The number of piperazine rings is 1. The highest BCUT2D eigenvalue weighted by Crippen LogP contribution is 2.21. The van der Waals surface area contributed by atoms with E-state index in [1.165, 1.54) is 12.1 Å². The van der Waals surface area contributed by atoms with Gasteiger partial charge in [0.2, 0.25) is 0 Å². The largest absolute Gasteiger partial charge is 0.368 e. The number of nitro groups is 1. The SMILES string of the molecule is Cc1c(C(=O)N2CCN(c3ccc([N+](=O)[O-])cc3)CC2)nnn1-c1ccc(C#N)cc1. The number of aromatic nitrogens is 3. The predicted molar refractivity (Wildman–Crippen MR) is 112 cm³/mol. The standard InChI is InChI=1S/C21H19N7O3/c1-15-20(23-24-27(15)18-4-2-16(14-22)3-5-18)21(29)26-12-10-25(11-13-26)17-6-8-19(9-7-17)28(30)31/h2-9H,10-13H2,1H3. The Balaban J connectivity index is 1.43. The van der Waals surface area contributed by atoms with E-state index >= 15 is 0 Å². The van der Waals surface area contributed by atoms with Gasteiger partial charge in [-0.05, 0) is 43.3 Å². The van der Waals surface area contributed by atoms with E-state index in [9.17, 15) is 14.9 Å². The van der Waals surface area contributed by atoms with Crippen LogP contribution in [0.1, 0.15) is 21.7 Å². The number of amides is 1. The number of non-ortho nitro benzene ring substituents is 1. The number of anilines is 1. The van der Waals surface area contributed by atoms with Gasteiger partial charge in [-0.1, -0.05) is 5.21 Å². The van der Waals surface area contributed by atoms with Gasteiger partial charge in [0.25, 0.3) is 11.6 Å². The molecule has 10 nitrogen and oxygen atoms in total. The van der Waals surface area contributed by atoms with E-state index in [2.05, 4.69) is 21.3 Å². The van der Waals surface area contributed by atoms with Crippen molar-refractivity contribution >= 4 is 17.3 Å². The number of nitriles is 1. The van der Waals surface area contributed by atoms with Crippen LogP contribution >= 0.6 is 0 Å². The number of carbonyl (C=O) groups excluding carboxylic acids is 1. The van der Waals surface area contributed by atoms with Crippen molar-refractivity contribution < 1.29 is 9.72 Å². The number of hydrogen-bond acceptors (Lipinski definition) is 7. The molecule has 0 spiro atoms. The number of carbonyl (C=O) groups is 1. The Morgan fingerprint density at radius 1 is 1.03 bits per heavy atom. The lowest BCUT2D eigenvalue weighted by Gasteiger charge is -2.35. The van der Waals surface area contributed by atoms with Gasteiger partial charge < -0.3 is 9.80 Å². The summed E-state index contributed by atoms with van der Waals surface area (Å²) in [5, 5.41) is 28.0. The van der Waals surface area contributed by atoms with Crippen molar-refractivity contribution in [3.8, 4) is 11.8 Å². The fourth-order valence-corrected chi connectivity index (χ4v) is 3.55. The van der Waals surface area contributed by atoms with Crippen LogP contribution in [0.25, 0.3) is 5.69 Å². The number of nitrogens with zero attached hydrogens (tertiary/aromatic N) is 7. The number of hydrogen-bond donors (Lipinski definition) is 0. The van der Waals surface area contributed by atoms with Crippen LogP contribution in [0.2, 0.25) is 0 Å². The zero-order valence-electron chi connectivity index (χ0n) is 16.8. The van der Waals surface area contributed by atoms with Crippen LogP contribution in [0.5, 0.6) is 0 Å². The zero-order valence-corrected chi connectivity index (χ0v) is 16.8. The molecule has 0 bridgehead atoms. The summed E-state index contributed by atoms with van der Waals surface area (Å²) in [5.74, 6) is -0.180. The van der Waals surface area contributed by atoms with Gasteiger partial charge in [0.05, 0.1) is 27.9 Å². The Bertz CT molecular complexity index is 1160. The summed E-state index contributed by atoms with van der Waals surface area (Å²) in [6, 6.07) is 15.4. The molecule has 31 heavy (non-hydrogen) atoms. The van der Waals surface area contributed by atoms with Crippen molar-refractivity contribution in [1.82, 2.24) is 19.9 Å². The number of benzene rings is 2. The average Bonchev–Trinajstić information content (AvgIpc) is 3.20. The Morgan fingerprint density at radius 2 is 1.65 bits per heavy atom. The quantitative estimate of drug-likeness (QED) is 0.472. The summed E-state index contributed by atoms with van der Waals surface area (Å²) in [4.78, 5) is 27.2. The number of nitro benzene ring substituents is 1. The molecular weight excluding hydrogens is 398 g/mol. The minimum atomic E-state index is -0.423. The Labute approximate surface area is 178 Å². The fourth-order valence-electron chi connectivity index (χ4n) is 3.55. The van der Waals surface area contributed by atoms with E-state index in [0.29, 0.717) is 43.1 Å². The molecule has 4 rings (SSSR count). The van der Waals surface area contributed by atoms with E-state index in [0.717, 1.165) is 11.4 Å². The van der Waals surface area contributed by atoms with Gasteiger partial charge >= 0.3 is 0 Å². The Kier molecular flexibility index (Phi) is 5.32. The zero-order chi connectivity index (χ0) is 22.0. The first-order valence-corrected chi connectivity index (χ1v) is 9.69. The van der Waals surface area contributed by atoms with Crippen molar-refractivity contribution in [3.63, 3.8) is 0 Å². The normalized spacial score (nSPS) is 13.7. The topological polar surface area (TPSA) is 121 Å². The van der Waals surface area contributed by atoms with E-state index in [1.54, 1.807) is 52.9 Å². The summed E-state index contributed by atoms with van der Waals surface area (Å²) in [5.41, 5.74) is 3.15. The van der Waals surface area contributed by atoms with Crippen LogP contribution < -0.4 is 4.90 Å². The highest BCUT2D eigenvalue weighted by Gasteiger charge is 2.26. The molecule has 3 aromatic rings. The molecule has 1 saturated heterocycles. The molecule has 1 aromatic heterocycles. The van der Waals surface area contributed by atoms with Crippen LogP contribution in [0.15, 0.2) is 48.5 Å². The van der Waals surface area contributed by atoms with Crippen LogP contribution in [0, 0.1) is 28.4 Å². The highest BCUT2D eigenvalue weighted by atomic mass is 16.6. The molecule has 1 fully saturated rings. The maximum absolute atomic E-state index is 13.0. The molecule has 156 valence electrons. The molecule has 0 N–H and O–H groups in total. The number of rotatable bonds is 4. The van der Waals surface area contributed by atoms with Gasteiger partial charge in [-0.2, -0.15) is 5.26 Å². The molecule has 0 aliphatic carbocycles. The molecule has 10 heteroatoms. The van der Waals surface area contributed by atoms with E-state index < -0.39 is 4.92 Å². The molecule has 0 unspecified atom stereocenters. The Hall–Kier alpha value is -4.26. The smallest absolute Gasteiger partial charge is 0.276 e. The van der Waals surface area contributed by atoms with Crippen LogP contribution in [-0.4, -0.2) is 56.9 Å². The molecule has 1 amide bonds. The van der Waals surface area contributed by atoms with Crippen molar-refractivity contribution in [1.29, 1.82) is 5.26 Å². The molecule has 1 aliphatic heterocycles. The molecule has 2 heterocycles. The molecule has 2 aromatic carbocycles. The molecule has 0 saturated carbocycles. The summed E-state index contributed by atoms with van der Waals surface area (Å²) >= 11 is 0. The maximum Gasteiger partial charge on any atom is 0.276 e. The lowest BCUT2D eigenvalue weighted by Crippen LogP contribution is -2.49. The second-order valence-electron chi connectivity index (χ2n) is 7.15. The van der Waals surface area contributed by atoms with Crippen LogP contribution in [-0.2, 0) is 0 Å². The summed E-state index contributed by atoms with van der Waals surface area (Å²) in [7, 11) is 0. The maximum atomic E-state index is 13.0. The first-order chi connectivity index (χ1) is 15.0. The van der Waals surface area contributed by atoms with Gasteiger partial charge in [0.1, 0.15) is 0 Å². The Morgan fingerprint density at radius 3 is 2.23 bits per heavy atom. The van der Waals surface area contributed by atoms with Crippen LogP contribution in [0.3, 0.4) is 0 Å². The van der Waals surface area contributed by atoms with Gasteiger partial charge in [-0.15, -0.1) is 5.10 Å². The lowest BCUT2D eigenvalue weighted by atomic mass is 10.2. The third-order valence-electron chi connectivity index (χ3n) is 5.33. The summed E-state index contributed by atoms with van der Waals surface area (Å²) in [6.07, 6.45) is 0. The third-order valence-corrected chi connectivity index (χ3v) is 5.33. The first-order valence-electron chi connectivity index (χ1n) is 9.69. The van der Waals surface area contributed by atoms with Crippen molar-refractivity contribution in [2.75, 3.05) is 31.1 Å². The lowest BCUT2D eigenvalue weighted by molar-refractivity contribution is -0.384.